The first-order valence-corrected chi connectivity index (χ1v) is 13.2. The molecule has 1 N–H and O–H groups in total. The second-order valence-corrected chi connectivity index (χ2v) is 10.5. The largest absolute Gasteiger partial charge is 0.451 e. The van der Waals surface area contributed by atoms with Crippen molar-refractivity contribution in [3.05, 3.63) is 84.1 Å². The highest BCUT2D eigenvalue weighted by Gasteiger charge is 2.30. The highest BCUT2D eigenvalue weighted by molar-refractivity contribution is 7.89. The molecular weight excluding hydrogens is 494 g/mol. The summed E-state index contributed by atoms with van der Waals surface area (Å²) in [7, 11) is -3.72. The molecule has 0 bridgehead atoms. The Bertz CT molecular complexity index is 1450. The summed E-state index contributed by atoms with van der Waals surface area (Å²) in [5, 5.41) is 4.21. The van der Waals surface area contributed by atoms with E-state index < -0.39 is 34.4 Å². The molecule has 0 atom stereocenters. The molecule has 3 aromatic carbocycles. The van der Waals surface area contributed by atoms with Crippen molar-refractivity contribution in [2.45, 2.75) is 11.8 Å². The maximum atomic E-state index is 13.1. The summed E-state index contributed by atoms with van der Waals surface area (Å²) in [4.78, 5) is 38.4. The predicted molar refractivity (Wildman–Crippen MR) is 138 cm³/mol. The summed E-state index contributed by atoms with van der Waals surface area (Å²) in [6.45, 7) is 1.33. The molecule has 0 spiro atoms. The van der Waals surface area contributed by atoms with E-state index in [0.29, 0.717) is 5.56 Å². The number of benzene rings is 3. The number of piperazine rings is 1. The van der Waals surface area contributed by atoms with Crippen molar-refractivity contribution in [1.29, 1.82) is 0 Å². The predicted octanol–water partition coefficient (Wildman–Crippen LogP) is 2.39. The fourth-order valence-corrected chi connectivity index (χ4v) is 5.46. The van der Waals surface area contributed by atoms with Crippen LogP contribution < -0.4 is 5.32 Å². The van der Waals surface area contributed by atoms with Crippen LogP contribution in [0.2, 0.25) is 0 Å². The molecule has 1 fully saturated rings. The number of nitrogens with one attached hydrogen (secondary N) is 1. The quantitative estimate of drug-likeness (QED) is 0.377. The number of hydrogen-bond acceptors (Lipinski definition) is 6. The van der Waals surface area contributed by atoms with E-state index in [1.807, 2.05) is 30.3 Å². The van der Waals surface area contributed by atoms with Crippen molar-refractivity contribution in [2.24, 2.45) is 0 Å². The highest BCUT2D eigenvalue weighted by atomic mass is 32.2. The molecule has 9 nitrogen and oxygen atoms in total. The molecule has 0 aliphatic carbocycles. The van der Waals surface area contributed by atoms with E-state index in [0.717, 1.165) is 10.8 Å². The van der Waals surface area contributed by atoms with Crippen LogP contribution in [-0.4, -0.2) is 68.2 Å². The summed E-state index contributed by atoms with van der Waals surface area (Å²) in [5.41, 5.74) is 0.594. The van der Waals surface area contributed by atoms with Crippen molar-refractivity contribution in [3.8, 4) is 0 Å². The van der Waals surface area contributed by atoms with Crippen LogP contribution in [-0.2, 0) is 29.1 Å². The van der Waals surface area contributed by atoms with Gasteiger partial charge in [0.05, 0.1) is 4.90 Å². The van der Waals surface area contributed by atoms with Crippen molar-refractivity contribution in [2.75, 3.05) is 32.8 Å². The van der Waals surface area contributed by atoms with Crippen LogP contribution in [0.1, 0.15) is 12.5 Å². The standard InChI is InChI=1S/C27H27N3O6S/c1-20(31)28-25(17-21-7-3-2-4-8-21)27(33)36-19-26(32)29-13-15-30(16-14-29)37(34,35)24-12-11-22-9-5-6-10-23(22)18-24/h2-12,17-18H,13-16,19H2,1H3,(H,28,31). The van der Waals surface area contributed by atoms with Gasteiger partial charge < -0.3 is 15.0 Å². The highest BCUT2D eigenvalue weighted by Crippen LogP contribution is 2.23. The van der Waals surface area contributed by atoms with Crippen molar-refractivity contribution in [1.82, 2.24) is 14.5 Å². The second-order valence-electron chi connectivity index (χ2n) is 8.52. The van der Waals surface area contributed by atoms with Gasteiger partial charge in [0.2, 0.25) is 15.9 Å². The van der Waals surface area contributed by atoms with Crippen molar-refractivity contribution >= 4 is 44.7 Å². The first-order valence-electron chi connectivity index (χ1n) is 11.7. The summed E-state index contributed by atoms with van der Waals surface area (Å²) in [6, 6.07) is 21.4. The Labute approximate surface area is 215 Å². The zero-order chi connectivity index (χ0) is 26.4. The molecule has 3 aromatic rings. The van der Waals surface area contributed by atoms with Crippen molar-refractivity contribution in [3.63, 3.8) is 0 Å². The third kappa shape index (κ3) is 6.41. The van der Waals surface area contributed by atoms with E-state index in [1.54, 1.807) is 42.5 Å². The van der Waals surface area contributed by atoms with Gasteiger partial charge in [-0.15, -0.1) is 0 Å². The molecule has 0 radical (unpaired) electrons. The molecule has 192 valence electrons. The summed E-state index contributed by atoms with van der Waals surface area (Å²) < 4.78 is 32.8. The van der Waals surface area contributed by atoms with Crippen LogP contribution >= 0.6 is 0 Å². The van der Waals surface area contributed by atoms with Crippen LogP contribution in [0.25, 0.3) is 16.8 Å². The van der Waals surface area contributed by atoms with Gasteiger partial charge in [0.25, 0.3) is 5.91 Å². The van der Waals surface area contributed by atoms with E-state index in [4.69, 9.17) is 4.74 Å². The number of hydrogen-bond donors (Lipinski definition) is 1. The average Bonchev–Trinajstić information content (AvgIpc) is 2.91. The molecule has 0 saturated carbocycles. The Morgan fingerprint density at radius 2 is 1.54 bits per heavy atom. The van der Waals surface area contributed by atoms with Gasteiger partial charge in [0.15, 0.2) is 6.61 Å². The zero-order valence-corrected chi connectivity index (χ0v) is 21.1. The minimum atomic E-state index is -3.72. The van der Waals surface area contributed by atoms with Gasteiger partial charge in [-0.05, 0) is 34.5 Å². The van der Waals surface area contributed by atoms with Crippen LogP contribution in [0.5, 0.6) is 0 Å². The van der Waals surface area contributed by atoms with Crippen molar-refractivity contribution < 1.29 is 27.5 Å². The number of sulfonamides is 1. The lowest BCUT2D eigenvalue weighted by Crippen LogP contribution is -2.51. The normalized spacial score (nSPS) is 14.8. The average molecular weight is 522 g/mol. The van der Waals surface area contributed by atoms with Crippen LogP contribution in [0.15, 0.2) is 83.4 Å². The molecule has 1 saturated heterocycles. The monoisotopic (exact) mass is 521 g/mol. The Morgan fingerprint density at radius 3 is 2.22 bits per heavy atom. The zero-order valence-electron chi connectivity index (χ0n) is 20.3. The van der Waals surface area contributed by atoms with Crippen LogP contribution in [0.4, 0.5) is 0 Å². The topological polar surface area (TPSA) is 113 Å². The lowest BCUT2D eigenvalue weighted by molar-refractivity contribution is -0.150. The van der Waals surface area contributed by atoms with E-state index in [2.05, 4.69) is 5.32 Å². The summed E-state index contributed by atoms with van der Waals surface area (Å²) in [6.07, 6.45) is 1.46. The fourth-order valence-electron chi connectivity index (χ4n) is 4.00. The Hall–Kier alpha value is -4.02. The summed E-state index contributed by atoms with van der Waals surface area (Å²) >= 11 is 0. The van der Waals surface area contributed by atoms with Gasteiger partial charge in [-0.25, -0.2) is 13.2 Å². The van der Waals surface area contributed by atoms with Gasteiger partial charge in [-0.2, -0.15) is 4.31 Å². The number of carbonyl (C=O) groups excluding carboxylic acids is 3. The number of carbonyl (C=O) groups is 3. The van der Waals surface area contributed by atoms with Crippen LogP contribution in [0, 0.1) is 0 Å². The molecule has 1 aliphatic rings. The van der Waals surface area contributed by atoms with E-state index >= 15 is 0 Å². The molecule has 4 rings (SSSR count). The smallest absolute Gasteiger partial charge is 0.355 e. The minimum absolute atomic E-state index is 0.0854. The Kier molecular flexibility index (Phi) is 8.00. The maximum absolute atomic E-state index is 13.1. The lowest BCUT2D eigenvalue weighted by Gasteiger charge is -2.34. The number of ether oxygens (including phenoxy) is 1. The van der Waals surface area contributed by atoms with Gasteiger partial charge in [0.1, 0.15) is 5.70 Å². The van der Waals surface area contributed by atoms with Gasteiger partial charge in [0, 0.05) is 33.1 Å². The maximum Gasteiger partial charge on any atom is 0.355 e. The lowest BCUT2D eigenvalue weighted by atomic mass is 10.1. The van der Waals surface area contributed by atoms with Crippen LogP contribution in [0.3, 0.4) is 0 Å². The third-order valence-electron chi connectivity index (χ3n) is 5.92. The van der Waals surface area contributed by atoms with Gasteiger partial charge in [-0.3, -0.25) is 9.59 Å². The molecule has 1 heterocycles. The van der Waals surface area contributed by atoms with Gasteiger partial charge >= 0.3 is 5.97 Å². The number of amides is 2. The Balaban J connectivity index is 1.34. The van der Waals surface area contributed by atoms with E-state index in [9.17, 15) is 22.8 Å². The second kappa shape index (κ2) is 11.4. The summed E-state index contributed by atoms with van der Waals surface area (Å²) in [5.74, 6) is -1.74. The molecule has 10 heteroatoms. The molecule has 37 heavy (non-hydrogen) atoms. The molecule has 2 amide bonds. The first kappa shape index (κ1) is 26.1. The molecule has 0 unspecified atom stereocenters. The SMILES string of the molecule is CC(=O)NC(=Cc1ccccc1)C(=O)OCC(=O)N1CCN(S(=O)(=O)c2ccc3ccccc3c2)CC1. The van der Waals surface area contributed by atoms with Gasteiger partial charge in [-0.1, -0.05) is 60.7 Å². The number of nitrogens with zero attached hydrogens (tertiary/aromatic N) is 2. The molecule has 0 aromatic heterocycles. The molecular formula is C27H27N3O6S. The number of esters is 1. The minimum Gasteiger partial charge on any atom is -0.451 e. The molecule has 1 aliphatic heterocycles. The first-order chi connectivity index (χ1) is 17.7. The Morgan fingerprint density at radius 1 is 0.892 bits per heavy atom. The number of fused-ring (bicyclic) bond motifs is 1. The van der Waals surface area contributed by atoms with E-state index in [-0.39, 0.29) is 36.8 Å². The fraction of sp³-hybridized carbons (Fsp3) is 0.222. The number of rotatable bonds is 7. The van der Waals surface area contributed by atoms with E-state index in [1.165, 1.54) is 22.2 Å². The third-order valence-corrected chi connectivity index (χ3v) is 7.81.